The van der Waals surface area contributed by atoms with E-state index in [0.29, 0.717) is 24.4 Å². The van der Waals surface area contributed by atoms with Gasteiger partial charge in [-0.1, -0.05) is 13.3 Å². The van der Waals surface area contributed by atoms with Crippen molar-refractivity contribution in [3.63, 3.8) is 0 Å². The number of aliphatic hydroxyl groups is 1. The van der Waals surface area contributed by atoms with Crippen LogP contribution in [-0.2, 0) is 4.74 Å². The van der Waals surface area contributed by atoms with Crippen LogP contribution in [-0.4, -0.2) is 52.5 Å². The molecule has 2 aliphatic rings. The normalized spacial score (nSPS) is 26.5. The Morgan fingerprint density at radius 3 is 2.75 bits per heavy atom. The molecule has 1 aromatic heterocycles. The molecule has 1 aliphatic heterocycles. The van der Waals surface area contributed by atoms with E-state index < -0.39 is 5.60 Å². The van der Waals surface area contributed by atoms with Gasteiger partial charge in [0.2, 0.25) is 0 Å². The van der Waals surface area contributed by atoms with E-state index in [-0.39, 0.29) is 18.7 Å². The van der Waals surface area contributed by atoms with Gasteiger partial charge in [0.1, 0.15) is 18.0 Å². The molecule has 3 rings (SSSR count). The third-order valence-corrected chi connectivity index (χ3v) is 5.84. The smallest absolute Gasteiger partial charge is 0.410 e. The summed E-state index contributed by atoms with van der Waals surface area (Å²) < 4.78 is 11.4. The molecule has 2 heterocycles. The maximum absolute atomic E-state index is 12.2. The molecule has 28 heavy (non-hydrogen) atoms. The Kier molecular flexibility index (Phi) is 6.48. The summed E-state index contributed by atoms with van der Waals surface area (Å²) in [7, 11) is 0. The summed E-state index contributed by atoms with van der Waals surface area (Å²) in [6.07, 6.45) is 7.46. The minimum absolute atomic E-state index is 0.0598. The van der Waals surface area contributed by atoms with Gasteiger partial charge < -0.3 is 19.5 Å². The van der Waals surface area contributed by atoms with E-state index in [1.165, 1.54) is 5.56 Å². The number of nitrogens with zero attached hydrogens (tertiary/aromatic N) is 2. The van der Waals surface area contributed by atoms with Crippen molar-refractivity contribution in [1.29, 1.82) is 0 Å². The predicted octanol–water partition coefficient (Wildman–Crippen LogP) is 3.98. The average molecular weight is 391 g/mol. The quantitative estimate of drug-likeness (QED) is 0.680. The molecular formula is C22H34N2O4. The maximum atomic E-state index is 12.2. The van der Waals surface area contributed by atoms with Crippen molar-refractivity contribution < 1.29 is 19.4 Å². The molecule has 4 unspecified atom stereocenters. The summed E-state index contributed by atoms with van der Waals surface area (Å²) in [5.41, 5.74) is 0.752. The number of likely N-dealkylation sites (tertiary alicyclic amines) is 1. The van der Waals surface area contributed by atoms with Crippen molar-refractivity contribution in [2.45, 2.75) is 70.9 Å². The fourth-order valence-electron chi connectivity index (χ4n) is 4.09. The van der Waals surface area contributed by atoms with Crippen LogP contribution in [0.3, 0.4) is 0 Å². The zero-order valence-corrected chi connectivity index (χ0v) is 17.6. The molecule has 6 heteroatoms. The van der Waals surface area contributed by atoms with Crippen LogP contribution in [0.4, 0.5) is 4.79 Å². The number of aliphatic hydroxyl groups excluding tert-OH is 1. The highest BCUT2D eigenvalue weighted by Crippen LogP contribution is 2.56. The number of amides is 1. The Morgan fingerprint density at radius 1 is 1.32 bits per heavy atom. The highest BCUT2D eigenvalue weighted by molar-refractivity contribution is 5.69. The Balaban J connectivity index is 1.50. The number of carbonyl (C=O) groups is 1. The van der Waals surface area contributed by atoms with E-state index >= 15 is 0 Å². The van der Waals surface area contributed by atoms with Crippen molar-refractivity contribution in [3.05, 3.63) is 24.0 Å². The lowest BCUT2D eigenvalue weighted by molar-refractivity contribution is -0.0141. The minimum atomic E-state index is -0.481. The monoisotopic (exact) mass is 390 g/mol. The molecule has 156 valence electrons. The summed E-state index contributed by atoms with van der Waals surface area (Å²) >= 11 is 0. The molecule has 2 fully saturated rings. The lowest BCUT2D eigenvalue weighted by atomic mass is 10.1. The average Bonchev–Trinajstić information content (AvgIpc) is 3.22. The molecule has 0 radical (unpaired) electrons. The van der Waals surface area contributed by atoms with Gasteiger partial charge in [-0.05, 0) is 69.4 Å². The van der Waals surface area contributed by atoms with Crippen LogP contribution in [0.2, 0.25) is 0 Å². The van der Waals surface area contributed by atoms with Gasteiger partial charge in [0, 0.05) is 19.3 Å². The first-order chi connectivity index (χ1) is 13.3. The van der Waals surface area contributed by atoms with E-state index in [1.807, 2.05) is 27.0 Å². The third kappa shape index (κ3) is 5.16. The maximum Gasteiger partial charge on any atom is 0.410 e. The first kappa shape index (κ1) is 20.9. The lowest BCUT2D eigenvalue weighted by Crippen LogP contribution is -2.55. The predicted molar refractivity (Wildman–Crippen MR) is 107 cm³/mol. The first-order valence-corrected chi connectivity index (χ1v) is 10.5. The molecule has 1 amide bonds. The van der Waals surface area contributed by atoms with Crippen LogP contribution >= 0.6 is 0 Å². The van der Waals surface area contributed by atoms with Crippen molar-refractivity contribution in [1.82, 2.24) is 9.88 Å². The van der Waals surface area contributed by atoms with E-state index in [9.17, 15) is 4.79 Å². The fourth-order valence-corrected chi connectivity index (χ4v) is 4.09. The van der Waals surface area contributed by atoms with Gasteiger partial charge in [0.05, 0.1) is 12.2 Å². The number of hydrogen-bond donors (Lipinski definition) is 1. The Morgan fingerprint density at radius 2 is 2.11 bits per heavy atom. The van der Waals surface area contributed by atoms with Crippen molar-refractivity contribution >= 4 is 6.09 Å². The van der Waals surface area contributed by atoms with E-state index in [2.05, 4.69) is 18.0 Å². The van der Waals surface area contributed by atoms with Crippen LogP contribution < -0.4 is 4.74 Å². The number of ether oxygens (including phenoxy) is 2. The van der Waals surface area contributed by atoms with Crippen molar-refractivity contribution in [3.8, 4) is 5.75 Å². The Bertz CT molecular complexity index is 673. The highest BCUT2D eigenvalue weighted by atomic mass is 16.6. The Labute approximate surface area is 168 Å². The summed E-state index contributed by atoms with van der Waals surface area (Å²) in [4.78, 5) is 18.3. The number of carbonyl (C=O) groups excluding carboxylic acids is 1. The van der Waals surface area contributed by atoms with Crippen molar-refractivity contribution in [2.24, 2.45) is 11.8 Å². The van der Waals surface area contributed by atoms with Crippen molar-refractivity contribution in [2.75, 3.05) is 19.8 Å². The van der Waals surface area contributed by atoms with Gasteiger partial charge >= 0.3 is 6.09 Å². The number of pyridine rings is 1. The van der Waals surface area contributed by atoms with Gasteiger partial charge in [-0.3, -0.25) is 4.98 Å². The molecule has 1 saturated carbocycles. The van der Waals surface area contributed by atoms with E-state index in [0.717, 1.165) is 38.0 Å². The molecule has 0 bridgehead atoms. The van der Waals surface area contributed by atoms with Crippen LogP contribution in [0, 0.1) is 11.8 Å². The summed E-state index contributed by atoms with van der Waals surface area (Å²) in [5, 5.41) is 8.96. The summed E-state index contributed by atoms with van der Waals surface area (Å²) in [6.45, 7) is 9.38. The summed E-state index contributed by atoms with van der Waals surface area (Å²) in [5.74, 6) is 2.64. The van der Waals surface area contributed by atoms with Crippen LogP contribution in [0.25, 0.3) is 0 Å². The zero-order chi connectivity index (χ0) is 20.3. The second-order valence-corrected chi connectivity index (χ2v) is 9.15. The molecular weight excluding hydrogens is 356 g/mol. The number of rotatable bonds is 8. The SMILES string of the molecule is CC1C(CCCCO)C1c1cncc(OCC2CCN2C(=O)OC(C)(C)C)c1. The van der Waals surface area contributed by atoms with E-state index in [1.54, 1.807) is 11.1 Å². The number of unbranched alkanes of at least 4 members (excludes halogenated alkanes) is 1. The van der Waals surface area contributed by atoms with E-state index in [4.69, 9.17) is 14.6 Å². The van der Waals surface area contributed by atoms with Crippen LogP contribution in [0.1, 0.15) is 64.9 Å². The Hall–Kier alpha value is -1.82. The molecule has 1 saturated heterocycles. The number of hydrogen-bond acceptors (Lipinski definition) is 5. The van der Waals surface area contributed by atoms with Gasteiger partial charge in [-0.2, -0.15) is 0 Å². The number of aromatic nitrogens is 1. The summed E-state index contributed by atoms with van der Waals surface area (Å²) in [6, 6.07) is 2.15. The molecule has 0 aromatic carbocycles. The second kappa shape index (κ2) is 8.68. The third-order valence-electron chi connectivity index (χ3n) is 5.84. The molecule has 0 spiro atoms. The topological polar surface area (TPSA) is 71.9 Å². The lowest BCUT2D eigenvalue weighted by Gasteiger charge is -2.40. The molecule has 1 N–H and O–H groups in total. The second-order valence-electron chi connectivity index (χ2n) is 9.15. The van der Waals surface area contributed by atoms with Gasteiger partial charge in [0.15, 0.2) is 0 Å². The van der Waals surface area contributed by atoms with Crippen LogP contribution in [0.15, 0.2) is 18.5 Å². The molecule has 1 aliphatic carbocycles. The standard InChI is InChI=1S/C22H34N2O4/c1-15-19(7-5-6-10-25)20(15)16-11-18(13-23-12-16)27-14-17-8-9-24(17)21(26)28-22(2,3)4/h11-13,15,17,19-20,25H,5-10,14H2,1-4H3. The molecule has 1 aromatic rings. The molecule has 6 nitrogen and oxygen atoms in total. The van der Waals surface area contributed by atoms with Gasteiger partial charge in [-0.25, -0.2) is 4.79 Å². The van der Waals surface area contributed by atoms with Gasteiger partial charge in [-0.15, -0.1) is 0 Å². The largest absolute Gasteiger partial charge is 0.490 e. The highest BCUT2D eigenvalue weighted by Gasteiger charge is 2.46. The minimum Gasteiger partial charge on any atom is -0.490 e. The fraction of sp³-hybridized carbons (Fsp3) is 0.727. The van der Waals surface area contributed by atoms with Gasteiger partial charge in [0.25, 0.3) is 0 Å². The van der Waals surface area contributed by atoms with Crippen LogP contribution in [0.5, 0.6) is 5.75 Å². The zero-order valence-electron chi connectivity index (χ0n) is 17.6. The first-order valence-electron chi connectivity index (χ1n) is 10.5. The molecule has 4 atom stereocenters.